The SMILES string of the molecule is CCc1cnc(N2CC3C(COc4c(F)cc(-c5ccc(S(=O)(=O)CC)cc5)cc4F)C3C2)nc1. The maximum atomic E-state index is 14.7. The van der Waals surface area contributed by atoms with Crippen molar-refractivity contribution in [3.63, 3.8) is 0 Å². The zero-order valence-corrected chi connectivity index (χ0v) is 20.4. The van der Waals surface area contributed by atoms with Gasteiger partial charge in [0.15, 0.2) is 27.2 Å². The fourth-order valence-electron chi connectivity index (χ4n) is 4.82. The van der Waals surface area contributed by atoms with Crippen molar-refractivity contribution in [1.82, 2.24) is 9.97 Å². The molecule has 2 aromatic carbocycles. The van der Waals surface area contributed by atoms with Crippen molar-refractivity contribution in [2.45, 2.75) is 25.2 Å². The summed E-state index contributed by atoms with van der Waals surface area (Å²) >= 11 is 0. The Morgan fingerprint density at radius 2 is 1.57 bits per heavy atom. The lowest BCUT2D eigenvalue weighted by Crippen LogP contribution is -2.27. The van der Waals surface area contributed by atoms with E-state index in [1.807, 2.05) is 12.4 Å². The molecule has 2 aliphatic rings. The van der Waals surface area contributed by atoms with Crippen LogP contribution >= 0.6 is 0 Å². The number of piperidine rings is 1. The Morgan fingerprint density at radius 1 is 0.971 bits per heavy atom. The molecule has 0 N–H and O–H groups in total. The van der Waals surface area contributed by atoms with E-state index in [-0.39, 0.29) is 28.9 Å². The molecule has 1 aliphatic heterocycles. The number of benzene rings is 2. The van der Waals surface area contributed by atoms with Gasteiger partial charge in [0, 0.05) is 31.4 Å². The zero-order valence-electron chi connectivity index (χ0n) is 19.6. The largest absolute Gasteiger partial charge is 0.487 e. The van der Waals surface area contributed by atoms with Crippen molar-refractivity contribution in [2.75, 3.05) is 30.3 Å². The minimum absolute atomic E-state index is 0.0117. The highest BCUT2D eigenvalue weighted by molar-refractivity contribution is 7.91. The van der Waals surface area contributed by atoms with Crippen LogP contribution in [-0.4, -0.2) is 43.8 Å². The molecule has 9 heteroatoms. The predicted molar refractivity (Wildman–Crippen MR) is 129 cm³/mol. The van der Waals surface area contributed by atoms with Gasteiger partial charge in [-0.25, -0.2) is 27.2 Å². The van der Waals surface area contributed by atoms with Crippen molar-refractivity contribution in [3.05, 3.63) is 66.0 Å². The van der Waals surface area contributed by atoms with E-state index >= 15 is 0 Å². The zero-order chi connectivity index (χ0) is 24.7. The molecular formula is C26H27F2N3O3S. The second-order valence-electron chi connectivity index (χ2n) is 9.15. The molecule has 3 aromatic rings. The molecule has 1 saturated carbocycles. The molecule has 1 aliphatic carbocycles. The van der Waals surface area contributed by atoms with Crippen molar-refractivity contribution >= 4 is 15.8 Å². The first-order valence-corrected chi connectivity index (χ1v) is 13.5. The fourth-order valence-corrected chi connectivity index (χ4v) is 5.70. The molecule has 35 heavy (non-hydrogen) atoms. The third kappa shape index (κ3) is 4.61. The van der Waals surface area contributed by atoms with Crippen LogP contribution in [0.25, 0.3) is 11.1 Å². The van der Waals surface area contributed by atoms with Crippen LogP contribution in [0.15, 0.2) is 53.7 Å². The van der Waals surface area contributed by atoms with E-state index in [1.165, 1.54) is 24.3 Å². The Labute approximate surface area is 203 Å². The molecule has 6 nitrogen and oxygen atoms in total. The Balaban J connectivity index is 1.20. The minimum Gasteiger partial charge on any atom is -0.487 e. The first kappa shape index (κ1) is 23.7. The van der Waals surface area contributed by atoms with Gasteiger partial charge < -0.3 is 9.64 Å². The van der Waals surface area contributed by atoms with Crippen molar-refractivity contribution in [3.8, 4) is 16.9 Å². The van der Waals surface area contributed by atoms with Gasteiger partial charge in [0.1, 0.15) is 0 Å². The van der Waals surface area contributed by atoms with Gasteiger partial charge in [-0.3, -0.25) is 0 Å². The van der Waals surface area contributed by atoms with Gasteiger partial charge in [-0.2, -0.15) is 0 Å². The molecule has 1 aromatic heterocycles. The number of hydrogen-bond donors (Lipinski definition) is 0. The predicted octanol–water partition coefficient (Wildman–Crippen LogP) is 4.54. The summed E-state index contributed by atoms with van der Waals surface area (Å²) in [5.41, 5.74) is 1.94. The summed E-state index contributed by atoms with van der Waals surface area (Å²) in [6, 6.07) is 8.43. The Morgan fingerprint density at radius 3 is 2.11 bits per heavy atom. The summed E-state index contributed by atoms with van der Waals surface area (Å²) in [6.45, 7) is 5.52. The number of anilines is 1. The van der Waals surface area contributed by atoms with Gasteiger partial charge in [-0.05, 0) is 59.2 Å². The number of fused-ring (bicyclic) bond motifs is 1. The average molecular weight is 500 g/mol. The van der Waals surface area contributed by atoms with Crippen LogP contribution in [0.1, 0.15) is 19.4 Å². The lowest BCUT2D eigenvalue weighted by atomic mass is 10.1. The molecule has 0 amide bonds. The lowest BCUT2D eigenvalue weighted by Gasteiger charge is -2.20. The lowest BCUT2D eigenvalue weighted by molar-refractivity contribution is 0.257. The second kappa shape index (κ2) is 9.18. The molecule has 2 unspecified atom stereocenters. The van der Waals surface area contributed by atoms with E-state index in [0.717, 1.165) is 31.0 Å². The minimum atomic E-state index is -3.34. The number of hydrogen-bond acceptors (Lipinski definition) is 6. The summed E-state index contributed by atoms with van der Waals surface area (Å²) in [6.07, 6.45) is 4.60. The quantitative estimate of drug-likeness (QED) is 0.453. The van der Waals surface area contributed by atoms with Crippen LogP contribution in [0.4, 0.5) is 14.7 Å². The number of halogens is 2. The standard InChI is InChI=1S/C26H27F2N3O3S/c1-3-16-11-29-26(30-12-16)31-13-20-21(14-31)22(20)15-34-25-23(27)9-18(10-24(25)28)17-5-7-19(8-6-17)35(32,33)4-2/h5-12,20-22H,3-4,13-15H2,1-2H3. The van der Waals surface area contributed by atoms with Gasteiger partial charge in [0.05, 0.1) is 17.3 Å². The molecule has 0 spiro atoms. The van der Waals surface area contributed by atoms with Gasteiger partial charge in [0.2, 0.25) is 5.95 Å². The molecule has 0 bridgehead atoms. The Bertz CT molecular complexity index is 1300. The number of ether oxygens (including phenoxy) is 1. The Kier molecular flexibility index (Phi) is 6.21. The van der Waals surface area contributed by atoms with Crippen LogP contribution in [0.5, 0.6) is 5.75 Å². The first-order valence-electron chi connectivity index (χ1n) is 11.8. The number of sulfone groups is 1. The molecule has 1 saturated heterocycles. The highest BCUT2D eigenvalue weighted by Crippen LogP contribution is 2.52. The number of rotatable bonds is 8. The summed E-state index contributed by atoms with van der Waals surface area (Å²) in [5.74, 6) is -0.138. The van der Waals surface area contributed by atoms with Crippen molar-refractivity contribution in [2.24, 2.45) is 17.8 Å². The molecule has 2 fully saturated rings. The van der Waals surface area contributed by atoms with Crippen molar-refractivity contribution in [1.29, 1.82) is 0 Å². The maximum absolute atomic E-state index is 14.7. The number of nitrogens with zero attached hydrogens (tertiary/aromatic N) is 3. The first-order chi connectivity index (χ1) is 16.8. The average Bonchev–Trinajstić information content (AvgIpc) is 3.31. The van der Waals surface area contributed by atoms with E-state index in [1.54, 1.807) is 19.1 Å². The van der Waals surface area contributed by atoms with E-state index in [4.69, 9.17) is 4.74 Å². The van der Waals surface area contributed by atoms with Crippen LogP contribution in [0.3, 0.4) is 0 Å². The highest BCUT2D eigenvalue weighted by atomic mass is 32.2. The second-order valence-corrected chi connectivity index (χ2v) is 11.4. The maximum Gasteiger partial charge on any atom is 0.225 e. The Hall–Kier alpha value is -3.07. The fraction of sp³-hybridized carbons (Fsp3) is 0.385. The molecule has 2 atom stereocenters. The molecular weight excluding hydrogens is 472 g/mol. The molecule has 0 radical (unpaired) electrons. The van der Waals surface area contributed by atoms with Crippen LogP contribution < -0.4 is 9.64 Å². The summed E-state index contributed by atoms with van der Waals surface area (Å²) < 4.78 is 59.0. The van der Waals surface area contributed by atoms with Crippen LogP contribution in [0, 0.1) is 29.4 Å². The molecule has 184 valence electrons. The smallest absolute Gasteiger partial charge is 0.225 e. The third-order valence-corrected chi connectivity index (χ3v) is 8.85. The third-order valence-electron chi connectivity index (χ3n) is 7.10. The summed E-state index contributed by atoms with van der Waals surface area (Å²) in [4.78, 5) is 11.2. The number of aryl methyl sites for hydroxylation is 1. The van der Waals surface area contributed by atoms with E-state index < -0.39 is 21.5 Å². The van der Waals surface area contributed by atoms with Gasteiger partial charge >= 0.3 is 0 Å². The van der Waals surface area contributed by atoms with E-state index in [2.05, 4.69) is 21.8 Å². The molecule has 2 heterocycles. The monoisotopic (exact) mass is 499 g/mol. The topological polar surface area (TPSA) is 72.4 Å². The summed E-state index contributed by atoms with van der Waals surface area (Å²) in [7, 11) is -3.34. The van der Waals surface area contributed by atoms with Gasteiger partial charge in [-0.15, -0.1) is 0 Å². The van der Waals surface area contributed by atoms with E-state index in [9.17, 15) is 17.2 Å². The van der Waals surface area contributed by atoms with Gasteiger partial charge in [-0.1, -0.05) is 26.0 Å². The molecule has 5 rings (SSSR count). The van der Waals surface area contributed by atoms with Crippen LogP contribution in [0.2, 0.25) is 0 Å². The number of aromatic nitrogens is 2. The summed E-state index contributed by atoms with van der Waals surface area (Å²) in [5, 5.41) is 0. The van der Waals surface area contributed by atoms with Gasteiger partial charge in [0.25, 0.3) is 0 Å². The highest BCUT2D eigenvalue weighted by Gasteiger charge is 2.56. The van der Waals surface area contributed by atoms with E-state index in [0.29, 0.717) is 23.0 Å². The van der Waals surface area contributed by atoms with Crippen molar-refractivity contribution < 1.29 is 21.9 Å². The van der Waals surface area contributed by atoms with Crippen LogP contribution in [-0.2, 0) is 16.3 Å². The normalized spacial score (nSPS) is 21.1.